The number of aromatic nitrogens is 5. The van der Waals surface area contributed by atoms with Crippen molar-refractivity contribution in [1.29, 1.82) is 0 Å². The zero-order valence-electron chi connectivity index (χ0n) is 17.8. The molecule has 0 bridgehead atoms. The van der Waals surface area contributed by atoms with E-state index in [1.165, 1.54) is 11.3 Å². The van der Waals surface area contributed by atoms with Crippen LogP contribution in [0.4, 0.5) is 10.9 Å². The van der Waals surface area contributed by atoms with Crippen LogP contribution in [0.2, 0.25) is 0 Å². The van der Waals surface area contributed by atoms with Gasteiger partial charge in [0.15, 0.2) is 5.13 Å². The normalized spacial score (nSPS) is 14.6. The molecular weight excluding hydrogens is 424 g/mol. The van der Waals surface area contributed by atoms with Crippen molar-refractivity contribution in [1.82, 2.24) is 29.2 Å². The highest BCUT2D eigenvalue weighted by Crippen LogP contribution is 2.21. The van der Waals surface area contributed by atoms with Crippen LogP contribution < -0.4 is 10.2 Å². The molecule has 1 N–H and O–H groups in total. The van der Waals surface area contributed by atoms with Gasteiger partial charge in [-0.1, -0.05) is 6.07 Å². The van der Waals surface area contributed by atoms with E-state index in [2.05, 4.69) is 36.2 Å². The van der Waals surface area contributed by atoms with Crippen LogP contribution in [0.15, 0.2) is 60.5 Å². The van der Waals surface area contributed by atoms with Crippen LogP contribution in [0.3, 0.4) is 0 Å². The van der Waals surface area contributed by atoms with Crippen molar-refractivity contribution in [2.24, 2.45) is 7.05 Å². The molecule has 32 heavy (non-hydrogen) atoms. The zero-order chi connectivity index (χ0) is 21.9. The molecule has 5 rings (SSSR count). The van der Waals surface area contributed by atoms with Gasteiger partial charge in [0.1, 0.15) is 17.2 Å². The van der Waals surface area contributed by atoms with E-state index in [0.29, 0.717) is 10.7 Å². The summed E-state index contributed by atoms with van der Waals surface area (Å²) in [5.74, 6) is 1.53. The van der Waals surface area contributed by atoms with E-state index in [-0.39, 0.29) is 5.91 Å². The first-order chi connectivity index (χ1) is 15.7. The summed E-state index contributed by atoms with van der Waals surface area (Å²) in [6, 6.07) is 9.84. The van der Waals surface area contributed by atoms with Crippen molar-refractivity contribution >= 4 is 28.2 Å². The second-order valence-corrected chi connectivity index (χ2v) is 8.50. The van der Waals surface area contributed by atoms with E-state index < -0.39 is 0 Å². The minimum Gasteiger partial charge on any atom is -0.354 e. The van der Waals surface area contributed by atoms with Crippen molar-refractivity contribution in [3.63, 3.8) is 0 Å². The maximum atomic E-state index is 12.9. The Balaban J connectivity index is 1.19. The number of hydrogen-bond acceptors (Lipinski definition) is 7. The molecule has 0 unspecified atom stereocenters. The van der Waals surface area contributed by atoms with Gasteiger partial charge >= 0.3 is 0 Å². The lowest BCUT2D eigenvalue weighted by Crippen LogP contribution is -2.46. The smallest absolute Gasteiger partial charge is 0.262 e. The predicted molar refractivity (Wildman–Crippen MR) is 124 cm³/mol. The Bertz CT molecular complexity index is 1180. The summed E-state index contributed by atoms with van der Waals surface area (Å²) >= 11 is 1.44. The maximum Gasteiger partial charge on any atom is 0.262 e. The number of carbonyl (C=O) groups excluding carboxylic acids is 1. The molecule has 164 valence electrons. The fraction of sp³-hybridized carbons (Fsp3) is 0.273. The number of hydrogen-bond donors (Lipinski definition) is 1. The third-order valence-corrected chi connectivity index (χ3v) is 6.31. The van der Waals surface area contributed by atoms with Gasteiger partial charge in [0.05, 0.1) is 11.9 Å². The average molecular weight is 449 g/mol. The van der Waals surface area contributed by atoms with Gasteiger partial charge in [-0.05, 0) is 24.3 Å². The predicted octanol–water partition coefficient (Wildman–Crippen LogP) is 2.64. The van der Waals surface area contributed by atoms with Gasteiger partial charge < -0.3 is 9.47 Å². The molecule has 4 aromatic rings. The minimum atomic E-state index is -0.216. The minimum absolute atomic E-state index is 0.216. The Morgan fingerprint density at radius 2 is 1.94 bits per heavy atom. The molecule has 1 saturated heterocycles. The molecule has 1 fully saturated rings. The zero-order valence-corrected chi connectivity index (χ0v) is 18.6. The molecule has 10 heteroatoms. The lowest BCUT2D eigenvalue weighted by atomic mass is 10.3. The topological polar surface area (TPSA) is 84.1 Å². The quantitative estimate of drug-likeness (QED) is 0.488. The van der Waals surface area contributed by atoms with E-state index >= 15 is 0 Å². The first-order valence-corrected chi connectivity index (χ1v) is 11.3. The summed E-state index contributed by atoms with van der Waals surface area (Å²) in [6.07, 6.45) is 7.20. The maximum absolute atomic E-state index is 12.9. The molecule has 9 nitrogen and oxygen atoms in total. The van der Waals surface area contributed by atoms with Crippen molar-refractivity contribution in [2.75, 3.05) is 36.4 Å². The van der Waals surface area contributed by atoms with Crippen LogP contribution >= 0.6 is 11.3 Å². The second kappa shape index (κ2) is 8.93. The van der Waals surface area contributed by atoms with Crippen LogP contribution in [0.1, 0.15) is 16.1 Å². The summed E-state index contributed by atoms with van der Waals surface area (Å²) in [6.45, 7) is 4.54. The molecule has 0 aromatic carbocycles. The number of thiazole rings is 1. The van der Waals surface area contributed by atoms with Gasteiger partial charge in [-0.3, -0.25) is 19.7 Å². The highest BCUT2D eigenvalue weighted by molar-refractivity contribution is 7.14. The van der Waals surface area contributed by atoms with E-state index in [4.69, 9.17) is 0 Å². The molecule has 0 spiro atoms. The van der Waals surface area contributed by atoms with Gasteiger partial charge in [0.2, 0.25) is 0 Å². The number of pyridine rings is 1. The van der Waals surface area contributed by atoms with Crippen LogP contribution in [0, 0.1) is 0 Å². The standard InChI is InChI=1S/C22H24N8OS/c1-27-21(30-8-4-5-9-30)18(14-24-27)20(31)26-22-25-17(16-32-22)15-28-10-12-29(13-11-28)19-6-2-3-7-23-19/h2-9,14,16H,10-13,15H2,1H3,(H,25,26,31). The monoisotopic (exact) mass is 448 g/mol. The Morgan fingerprint density at radius 1 is 1.12 bits per heavy atom. The molecule has 1 amide bonds. The highest BCUT2D eigenvalue weighted by Gasteiger charge is 2.21. The molecule has 0 radical (unpaired) electrons. The highest BCUT2D eigenvalue weighted by atomic mass is 32.1. The molecule has 1 aliphatic rings. The van der Waals surface area contributed by atoms with Crippen molar-refractivity contribution in [2.45, 2.75) is 6.54 Å². The van der Waals surface area contributed by atoms with E-state index in [0.717, 1.165) is 50.1 Å². The van der Waals surface area contributed by atoms with Crippen molar-refractivity contribution < 1.29 is 4.79 Å². The summed E-state index contributed by atoms with van der Waals surface area (Å²) in [5.41, 5.74) is 1.47. The Kier molecular flexibility index (Phi) is 5.70. The number of nitrogens with one attached hydrogen (secondary N) is 1. The summed E-state index contributed by atoms with van der Waals surface area (Å²) in [4.78, 5) is 26.6. The van der Waals surface area contributed by atoms with Gasteiger partial charge in [-0.2, -0.15) is 5.10 Å². The molecule has 5 heterocycles. The molecule has 0 aliphatic carbocycles. The number of nitrogens with zero attached hydrogens (tertiary/aromatic N) is 7. The summed E-state index contributed by atoms with van der Waals surface area (Å²) in [5, 5.41) is 9.78. The number of amides is 1. The van der Waals surface area contributed by atoms with E-state index in [9.17, 15) is 4.79 Å². The fourth-order valence-electron chi connectivity index (χ4n) is 3.88. The lowest BCUT2D eigenvalue weighted by Gasteiger charge is -2.35. The molecule has 4 aromatic heterocycles. The molecule has 1 aliphatic heterocycles. The number of anilines is 2. The van der Waals surface area contributed by atoms with Crippen LogP contribution in [0.5, 0.6) is 0 Å². The largest absolute Gasteiger partial charge is 0.354 e. The van der Waals surface area contributed by atoms with Gasteiger partial charge in [0.25, 0.3) is 5.91 Å². The van der Waals surface area contributed by atoms with Crippen LogP contribution in [-0.2, 0) is 13.6 Å². The number of piperazine rings is 1. The van der Waals surface area contributed by atoms with Gasteiger partial charge in [-0.15, -0.1) is 11.3 Å². The van der Waals surface area contributed by atoms with Crippen LogP contribution in [-0.4, -0.2) is 61.3 Å². The Morgan fingerprint density at radius 3 is 2.69 bits per heavy atom. The van der Waals surface area contributed by atoms with Gasteiger partial charge in [-0.25, -0.2) is 9.97 Å². The van der Waals surface area contributed by atoms with Crippen LogP contribution in [0.25, 0.3) is 5.82 Å². The molecule has 0 saturated carbocycles. The Labute approximate surface area is 189 Å². The fourth-order valence-corrected chi connectivity index (χ4v) is 4.58. The lowest BCUT2D eigenvalue weighted by molar-refractivity contribution is 0.102. The average Bonchev–Trinajstić information content (AvgIpc) is 3.56. The first-order valence-electron chi connectivity index (χ1n) is 10.5. The molecule has 0 atom stereocenters. The third-order valence-electron chi connectivity index (χ3n) is 5.50. The number of carbonyl (C=O) groups is 1. The van der Waals surface area contributed by atoms with Crippen molar-refractivity contribution in [3.8, 4) is 5.82 Å². The second-order valence-electron chi connectivity index (χ2n) is 7.65. The van der Waals surface area contributed by atoms with Crippen molar-refractivity contribution in [3.05, 3.63) is 71.8 Å². The summed E-state index contributed by atoms with van der Waals surface area (Å²) < 4.78 is 3.56. The van der Waals surface area contributed by atoms with E-state index in [1.54, 1.807) is 10.9 Å². The SMILES string of the molecule is Cn1ncc(C(=O)Nc2nc(CN3CCN(c4ccccn4)CC3)cs2)c1-n1cccc1. The number of rotatable bonds is 6. The first kappa shape index (κ1) is 20.4. The molecular formula is C22H24N8OS. The van der Waals surface area contributed by atoms with Gasteiger partial charge in [0, 0.05) is 63.7 Å². The van der Waals surface area contributed by atoms with E-state index in [1.807, 2.05) is 59.9 Å². The Hall–Kier alpha value is -3.50. The number of aryl methyl sites for hydroxylation is 1. The third kappa shape index (κ3) is 4.27. The summed E-state index contributed by atoms with van der Waals surface area (Å²) in [7, 11) is 1.82.